The third-order valence-corrected chi connectivity index (χ3v) is 2.72. The summed E-state index contributed by atoms with van der Waals surface area (Å²) in [6.45, 7) is 0. The number of aromatic nitrogens is 3. The van der Waals surface area contributed by atoms with Crippen LogP contribution in [-0.2, 0) is 0 Å². The molecule has 0 aliphatic rings. The molecule has 3 aromatic rings. The molecule has 0 saturated carbocycles. The molecule has 0 bridgehead atoms. The van der Waals surface area contributed by atoms with E-state index in [2.05, 4.69) is 15.4 Å². The highest BCUT2D eigenvalue weighted by Crippen LogP contribution is 2.28. The number of hydrogen-bond acceptors (Lipinski definition) is 5. The van der Waals surface area contributed by atoms with Gasteiger partial charge in [-0.15, -0.1) is 0 Å². The fraction of sp³-hybridized carbons (Fsp3) is 0. The van der Waals surface area contributed by atoms with Gasteiger partial charge in [0.05, 0.1) is 0 Å². The number of H-pyrrole nitrogens is 1. The van der Waals surface area contributed by atoms with Gasteiger partial charge >= 0.3 is 0 Å². The molecule has 3 N–H and O–H groups in total. The second kappa shape index (κ2) is 4.31. The van der Waals surface area contributed by atoms with Crippen molar-refractivity contribution in [3.8, 4) is 28.8 Å². The van der Waals surface area contributed by atoms with Gasteiger partial charge < -0.3 is 10.3 Å². The van der Waals surface area contributed by atoms with Gasteiger partial charge in [0.1, 0.15) is 28.8 Å². The van der Waals surface area contributed by atoms with Crippen molar-refractivity contribution in [1.82, 2.24) is 15.4 Å². The molecule has 1 aromatic carbocycles. The zero-order chi connectivity index (χ0) is 13.2. The van der Waals surface area contributed by atoms with Gasteiger partial charge in [0.25, 0.3) is 0 Å². The van der Waals surface area contributed by atoms with Crippen molar-refractivity contribution < 1.29 is 4.52 Å². The molecule has 19 heavy (non-hydrogen) atoms. The summed E-state index contributed by atoms with van der Waals surface area (Å²) in [6.07, 6.45) is 0. The average molecular weight is 251 g/mol. The van der Waals surface area contributed by atoms with Crippen molar-refractivity contribution in [2.75, 3.05) is 5.73 Å². The van der Waals surface area contributed by atoms with E-state index in [-0.39, 0.29) is 11.4 Å². The van der Waals surface area contributed by atoms with Crippen molar-refractivity contribution in [3.05, 3.63) is 42.0 Å². The van der Waals surface area contributed by atoms with E-state index in [1.165, 1.54) is 0 Å². The molecular weight excluding hydrogens is 242 g/mol. The maximum atomic E-state index is 9.02. The summed E-state index contributed by atoms with van der Waals surface area (Å²) in [5.41, 5.74) is 7.65. The van der Waals surface area contributed by atoms with Gasteiger partial charge in [-0.3, -0.25) is 5.10 Å². The molecule has 0 spiro atoms. The molecule has 0 atom stereocenters. The topological polar surface area (TPSA) is 105 Å². The van der Waals surface area contributed by atoms with E-state index in [0.29, 0.717) is 17.1 Å². The lowest BCUT2D eigenvalue weighted by molar-refractivity contribution is 0.434. The Kier molecular flexibility index (Phi) is 2.50. The Labute approximate surface area is 108 Å². The van der Waals surface area contributed by atoms with E-state index in [9.17, 15) is 0 Å². The SMILES string of the molecule is N#Cc1c(-c2cc(-c3ccccc3)on2)n[nH]c1N. The number of nitrogens with one attached hydrogen (secondary N) is 1. The first kappa shape index (κ1) is 11.0. The van der Waals surface area contributed by atoms with Gasteiger partial charge in [-0.25, -0.2) is 0 Å². The highest BCUT2D eigenvalue weighted by molar-refractivity contribution is 5.72. The minimum Gasteiger partial charge on any atom is -0.383 e. The molecule has 0 saturated heterocycles. The number of nitrogens with two attached hydrogens (primary N) is 1. The first-order chi connectivity index (χ1) is 9.29. The number of nitriles is 1. The van der Waals surface area contributed by atoms with Crippen LogP contribution in [0.3, 0.4) is 0 Å². The van der Waals surface area contributed by atoms with Crippen LogP contribution in [0.2, 0.25) is 0 Å². The predicted octanol–water partition coefficient (Wildman–Crippen LogP) is 2.19. The molecule has 3 rings (SSSR count). The maximum absolute atomic E-state index is 9.02. The van der Waals surface area contributed by atoms with Gasteiger partial charge in [0.2, 0.25) is 0 Å². The summed E-state index contributed by atoms with van der Waals surface area (Å²) in [7, 11) is 0. The Morgan fingerprint density at radius 2 is 2.05 bits per heavy atom. The first-order valence-corrected chi connectivity index (χ1v) is 5.56. The van der Waals surface area contributed by atoms with Crippen LogP contribution in [0, 0.1) is 11.3 Å². The fourth-order valence-electron chi connectivity index (χ4n) is 1.78. The Hall–Kier alpha value is -3.07. The zero-order valence-corrected chi connectivity index (χ0v) is 9.79. The lowest BCUT2D eigenvalue weighted by Gasteiger charge is -1.91. The van der Waals surface area contributed by atoms with Crippen LogP contribution >= 0.6 is 0 Å². The van der Waals surface area contributed by atoms with Crippen molar-refractivity contribution >= 4 is 5.82 Å². The molecule has 92 valence electrons. The summed E-state index contributed by atoms with van der Waals surface area (Å²) in [5.74, 6) is 0.836. The van der Waals surface area contributed by atoms with Crippen LogP contribution in [0.1, 0.15) is 5.56 Å². The van der Waals surface area contributed by atoms with Gasteiger partial charge in [-0.1, -0.05) is 35.5 Å². The number of rotatable bonds is 2. The maximum Gasteiger partial charge on any atom is 0.167 e. The van der Waals surface area contributed by atoms with Crippen LogP contribution in [0.5, 0.6) is 0 Å². The normalized spacial score (nSPS) is 10.3. The minimum absolute atomic E-state index is 0.224. The standard InChI is InChI=1S/C13H9N5O/c14-7-9-12(16-17-13(9)15)10-6-11(19-18-10)8-4-2-1-3-5-8/h1-6H,(H3,15,16,17). The molecule has 0 radical (unpaired) electrons. The number of benzene rings is 1. The fourth-order valence-corrected chi connectivity index (χ4v) is 1.78. The van der Waals surface area contributed by atoms with Gasteiger partial charge in [-0.05, 0) is 0 Å². The summed E-state index contributed by atoms with van der Waals surface area (Å²) >= 11 is 0. The van der Waals surface area contributed by atoms with E-state index in [1.54, 1.807) is 6.07 Å². The summed E-state index contributed by atoms with van der Waals surface area (Å²) in [6, 6.07) is 13.3. The second-order valence-electron chi connectivity index (χ2n) is 3.92. The quantitative estimate of drug-likeness (QED) is 0.726. The average Bonchev–Trinajstić information content (AvgIpc) is 3.06. The Bertz CT molecular complexity index is 751. The summed E-state index contributed by atoms with van der Waals surface area (Å²) in [5, 5.41) is 19.5. The van der Waals surface area contributed by atoms with Crippen molar-refractivity contribution in [2.24, 2.45) is 0 Å². The van der Waals surface area contributed by atoms with Crippen molar-refractivity contribution in [1.29, 1.82) is 5.26 Å². The number of hydrogen-bond donors (Lipinski definition) is 2. The van der Waals surface area contributed by atoms with Gasteiger partial charge in [0, 0.05) is 11.6 Å². The summed E-state index contributed by atoms with van der Waals surface area (Å²) < 4.78 is 5.26. The van der Waals surface area contributed by atoms with Gasteiger partial charge in [-0.2, -0.15) is 10.4 Å². The lowest BCUT2D eigenvalue weighted by atomic mass is 10.1. The van der Waals surface area contributed by atoms with Gasteiger partial charge in [0.15, 0.2) is 5.76 Å². The summed E-state index contributed by atoms with van der Waals surface area (Å²) in [4.78, 5) is 0. The molecular formula is C13H9N5O. The highest BCUT2D eigenvalue weighted by Gasteiger charge is 2.17. The molecule has 6 nitrogen and oxygen atoms in total. The van der Waals surface area contributed by atoms with E-state index >= 15 is 0 Å². The Morgan fingerprint density at radius 3 is 2.79 bits per heavy atom. The Morgan fingerprint density at radius 1 is 1.26 bits per heavy atom. The largest absolute Gasteiger partial charge is 0.383 e. The monoisotopic (exact) mass is 251 g/mol. The van der Waals surface area contributed by atoms with Crippen LogP contribution < -0.4 is 5.73 Å². The number of nitrogens with zero attached hydrogens (tertiary/aromatic N) is 3. The molecule has 6 heteroatoms. The number of nitrogen functional groups attached to an aromatic ring is 1. The molecule has 0 fully saturated rings. The molecule has 0 unspecified atom stereocenters. The first-order valence-electron chi connectivity index (χ1n) is 5.56. The van der Waals surface area contributed by atoms with Crippen molar-refractivity contribution in [2.45, 2.75) is 0 Å². The molecule has 0 aliphatic heterocycles. The van der Waals surface area contributed by atoms with E-state index in [4.69, 9.17) is 15.5 Å². The lowest BCUT2D eigenvalue weighted by Crippen LogP contribution is -1.87. The molecule has 2 heterocycles. The Balaban J connectivity index is 2.05. The molecule has 0 amide bonds. The van der Waals surface area contributed by atoms with E-state index < -0.39 is 0 Å². The van der Waals surface area contributed by atoms with E-state index in [0.717, 1.165) is 5.56 Å². The third-order valence-electron chi connectivity index (χ3n) is 2.72. The molecule has 0 aliphatic carbocycles. The zero-order valence-electron chi connectivity index (χ0n) is 9.79. The highest BCUT2D eigenvalue weighted by atomic mass is 16.5. The number of aromatic amines is 1. The van der Waals surface area contributed by atoms with Crippen LogP contribution in [-0.4, -0.2) is 15.4 Å². The minimum atomic E-state index is 0.224. The third kappa shape index (κ3) is 1.83. The molecule has 2 aromatic heterocycles. The van der Waals surface area contributed by atoms with Crippen LogP contribution in [0.25, 0.3) is 22.7 Å². The van der Waals surface area contributed by atoms with E-state index in [1.807, 2.05) is 36.4 Å². The number of anilines is 1. The van der Waals surface area contributed by atoms with Crippen LogP contribution in [0.15, 0.2) is 40.9 Å². The smallest absolute Gasteiger partial charge is 0.167 e. The second-order valence-corrected chi connectivity index (χ2v) is 3.92. The predicted molar refractivity (Wildman–Crippen MR) is 68.6 cm³/mol. The van der Waals surface area contributed by atoms with Crippen LogP contribution in [0.4, 0.5) is 5.82 Å². The van der Waals surface area contributed by atoms with Crippen molar-refractivity contribution in [3.63, 3.8) is 0 Å².